The normalized spacial score (nSPS) is 15.0. The molecule has 4 nitrogen and oxygen atoms in total. The molecule has 0 unspecified atom stereocenters. The zero-order valence-electron chi connectivity index (χ0n) is 12.9. The molecule has 1 saturated carbocycles. The summed E-state index contributed by atoms with van der Waals surface area (Å²) < 4.78 is 5.42. The number of furan rings is 1. The lowest BCUT2D eigenvalue weighted by Gasteiger charge is -2.28. The summed E-state index contributed by atoms with van der Waals surface area (Å²) in [5.41, 5.74) is 2.01. The van der Waals surface area contributed by atoms with Gasteiger partial charge in [-0.1, -0.05) is 30.5 Å². The number of hydrogen-bond acceptors (Lipinski definition) is 2. The van der Waals surface area contributed by atoms with E-state index >= 15 is 0 Å². The van der Waals surface area contributed by atoms with Crippen LogP contribution in [0.3, 0.4) is 0 Å². The Balaban J connectivity index is 1.72. The molecular formula is C18H22N2O2. The molecule has 3 rings (SSSR count). The van der Waals surface area contributed by atoms with Crippen molar-refractivity contribution in [1.29, 1.82) is 0 Å². The Labute approximate surface area is 131 Å². The fraction of sp³-hybridized carbons (Fsp3) is 0.389. The average molecular weight is 298 g/mol. The molecule has 2 aromatic rings. The van der Waals surface area contributed by atoms with E-state index in [1.165, 1.54) is 18.4 Å². The molecule has 116 valence electrons. The Morgan fingerprint density at radius 3 is 2.59 bits per heavy atom. The largest absolute Gasteiger partial charge is 0.467 e. The van der Waals surface area contributed by atoms with Crippen LogP contribution in [0.4, 0.5) is 10.5 Å². The second-order valence-electron chi connectivity index (χ2n) is 5.94. The van der Waals surface area contributed by atoms with E-state index < -0.39 is 0 Å². The lowest BCUT2D eigenvalue weighted by atomic mass is 10.2. The number of carbonyl (C=O) groups is 1. The van der Waals surface area contributed by atoms with Crippen LogP contribution in [0.2, 0.25) is 0 Å². The van der Waals surface area contributed by atoms with Gasteiger partial charge in [0.25, 0.3) is 0 Å². The van der Waals surface area contributed by atoms with E-state index in [-0.39, 0.29) is 6.03 Å². The number of carbonyl (C=O) groups excluding carboxylic acids is 1. The molecule has 1 aromatic carbocycles. The molecule has 1 heterocycles. The number of benzene rings is 1. The van der Waals surface area contributed by atoms with Crippen LogP contribution in [-0.4, -0.2) is 17.0 Å². The predicted octanol–water partition coefficient (Wildman–Crippen LogP) is 4.56. The molecule has 0 radical (unpaired) electrons. The Bertz CT molecular complexity index is 599. The summed E-state index contributed by atoms with van der Waals surface area (Å²) in [7, 11) is 0. The number of urea groups is 1. The topological polar surface area (TPSA) is 45.5 Å². The van der Waals surface area contributed by atoms with Gasteiger partial charge in [0.1, 0.15) is 5.76 Å². The van der Waals surface area contributed by atoms with Gasteiger partial charge in [-0.3, -0.25) is 0 Å². The molecule has 2 amide bonds. The molecule has 1 aliphatic carbocycles. The van der Waals surface area contributed by atoms with Gasteiger partial charge in [0.15, 0.2) is 0 Å². The fourth-order valence-corrected chi connectivity index (χ4v) is 2.99. The van der Waals surface area contributed by atoms with Gasteiger partial charge in [0.2, 0.25) is 0 Å². The zero-order valence-corrected chi connectivity index (χ0v) is 12.9. The third-order valence-corrected chi connectivity index (χ3v) is 4.24. The second-order valence-corrected chi connectivity index (χ2v) is 5.94. The first-order valence-electron chi connectivity index (χ1n) is 7.89. The minimum atomic E-state index is -0.0489. The molecule has 1 aliphatic rings. The number of amides is 2. The molecule has 0 saturated heterocycles. The van der Waals surface area contributed by atoms with Crippen molar-refractivity contribution in [3.63, 3.8) is 0 Å². The number of nitrogens with one attached hydrogen (secondary N) is 1. The highest BCUT2D eigenvalue weighted by Crippen LogP contribution is 2.26. The van der Waals surface area contributed by atoms with Gasteiger partial charge in [-0.2, -0.15) is 0 Å². The van der Waals surface area contributed by atoms with Gasteiger partial charge in [0, 0.05) is 11.7 Å². The molecule has 4 heteroatoms. The Kier molecular flexibility index (Phi) is 4.47. The number of nitrogens with zero attached hydrogens (tertiary/aromatic N) is 1. The minimum Gasteiger partial charge on any atom is -0.467 e. The van der Waals surface area contributed by atoms with Gasteiger partial charge < -0.3 is 14.6 Å². The second kappa shape index (κ2) is 6.69. The quantitative estimate of drug-likeness (QED) is 0.899. The summed E-state index contributed by atoms with van der Waals surface area (Å²) >= 11 is 0. The third-order valence-electron chi connectivity index (χ3n) is 4.24. The standard InChI is InChI=1S/C18H22N2O2/c1-14-8-10-15(11-9-14)19-18(21)20(16-5-2-3-6-16)13-17-7-4-12-22-17/h4,7-12,16H,2-3,5-6,13H2,1H3,(H,19,21). The molecule has 0 atom stereocenters. The van der Waals surface area contributed by atoms with Gasteiger partial charge in [0.05, 0.1) is 12.8 Å². The number of anilines is 1. The maximum Gasteiger partial charge on any atom is 0.322 e. The summed E-state index contributed by atoms with van der Waals surface area (Å²) in [5.74, 6) is 0.825. The first-order chi connectivity index (χ1) is 10.7. The monoisotopic (exact) mass is 298 g/mol. The molecule has 0 spiro atoms. The molecule has 1 aromatic heterocycles. The lowest BCUT2D eigenvalue weighted by Crippen LogP contribution is -2.41. The van der Waals surface area contributed by atoms with Crippen molar-refractivity contribution in [3.8, 4) is 0 Å². The Morgan fingerprint density at radius 1 is 1.23 bits per heavy atom. The Hall–Kier alpha value is -2.23. The summed E-state index contributed by atoms with van der Waals surface area (Å²) in [6.45, 7) is 2.56. The maximum atomic E-state index is 12.7. The van der Waals surface area contributed by atoms with Crippen molar-refractivity contribution in [1.82, 2.24) is 4.90 Å². The van der Waals surface area contributed by atoms with E-state index in [4.69, 9.17) is 4.42 Å². The highest BCUT2D eigenvalue weighted by molar-refractivity contribution is 5.89. The van der Waals surface area contributed by atoms with Gasteiger partial charge in [-0.25, -0.2) is 4.79 Å². The van der Waals surface area contributed by atoms with Crippen molar-refractivity contribution >= 4 is 11.7 Å². The van der Waals surface area contributed by atoms with Crippen molar-refractivity contribution in [2.45, 2.75) is 45.2 Å². The summed E-state index contributed by atoms with van der Waals surface area (Å²) in [5, 5.41) is 3.00. The van der Waals surface area contributed by atoms with E-state index in [0.29, 0.717) is 12.6 Å². The van der Waals surface area contributed by atoms with Crippen molar-refractivity contribution < 1.29 is 9.21 Å². The van der Waals surface area contributed by atoms with Crippen molar-refractivity contribution in [2.75, 3.05) is 5.32 Å². The van der Waals surface area contributed by atoms with Crippen LogP contribution >= 0.6 is 0 Å². The molecule has 0 aliphatic heterocycles. The molecule has 1 N–H and O–H groups in total. The molecule has 0 bridgehead atoms. The average Bonchev–Trinajstić information content (AvgIpc) is 3.20. The highest BCUT2D eigenvalue weighted by atomic mass is 16.3. The molecule has 1 fully saturated rings. The first kappa shape index (κ1) is 14.7. The van der Waals surface area contributed by atoms with E-state index in [9.17, 15) is 4.79 Å². The van der Waals surface area contributed by atoms with Crippen LogP contribution in [0.15, 0.2) is 47.1 Å². The third kappa shape index (κ3) is 3.50. The smallest absolute Gasteiger partial charge is 0.322 e. The predicted molar refractivity (Wildman–Crippen MR) is 86.7 cm³/mol. The molecular weight excluding hydrogens is 276 g/mol. The van der Waals surface area contributed by atoms with E-state index in [1.54, 1.807) is 6.26 Å². The SMILES string of the molecule is Cc1ccc(NC(=O)N(Cc2ccco2)C2CCCC2)cc1. The molecule has 22 heavy (non-hydrogen) atoms. The van der Waals surface area contributed by atoms with Gasteiger partial charge >= 0.3 is 6.03 Å². The number of hydrogen-bond donors (Lipinski definition) is 1. The van der Waals surface area contributed by atoms with Crippen LogP contribution < -0.4 is 5.32 Å². The Morgan fingerprint density at radius 2 is 1.95 bits per heavy atom. The van der Waals surface area contributed by atoms with Crippen LogP contribution in [0.1, 0.15) is 37.0 Å². The maximum absolute atomic E-state index is 12.7. The van der Waals surface area contributed by atoms with Crippen LogP contribution in [0.25, 0.3) is 0 Å². The minimum absolute atomic E-state index is 0.0489. The van der Waals surface area contributed by atoms with Crippen LogP contribution in [0.5, 0.6) is 0 Å². The van der Waals surface area contributed by atoms with Gasteiger partial charge in [-0.05, 0) is 44.0 Å². The van der Waals surface area contributed by atoms with E-state index in [0.717, 1.165) is 24.3 Å². The van der Waals surface area contributed by atoms with Crippen LogP contribution in [-0.2, 0) is 6.54 Å². The summed E-state index contributed by atoms with van der Waals surface area (Å²) in [6.07, 6.45) is 6.18. The fourth-order valence-electron chi connectivity index (χ4n) is 2.99. The highest BCUT2D eigenvalue weighted by Gasteiger charge is 2.27. The van der Waals surface area contributed by atoms with Gasteiger partial charge in [-0.15, -0.1) is 0 Å². The van der Waals surface area contributed by atoms with Crippen molar-refractivity contribution in [2.24, 2.45) is 0 Å². The summed E-state index contributed by atoms with van der Waals surface area (Å²) in [4.78, 5) is 14.6. The van der Waals surface area contributed by atoms with Crippen molar-refractivity contribution in [3.05, 3.63) is 54.0 Å². The lowest BCUT2D eigenvalue weighted by molar-refractivity contribution is 0.178. The number of rotatable bonds is 4. The van der Waals surface area contributed by atoms with Crippen LogP contribution in [0, 0.1) is 6.92 Å². The van der Waals surface area contributed by atoms with E-state index in [1.807, 2.05) is 48.2 Å². The first-order valence-corrected chi connectivity index (χ1v) is 7.89. The zero-order chi connectivity index (χ0) is 15.4. The number of aryl methyl sites for hydroxylation is 1. The van der Waals surface area contributed by atoms with E-state index in [2.05, 4.69) is 5.32 Å². The summed E-state index contributed by atoms with van der Waals surface area (Å²) in [6, 6.07) is 11.9.